The predicted molar refractivity (Wildman–Crippen MR) is 203 cm³/mol. The highest BCUT2D eigenvalue weighted by Crippen LogP contribution is 2.31. The number of carbonyl (C=O) groups excluding carboxylic acids is 7. The number of primary amides is 1. The first-order chi connectivity index (χ1) is 26.5. The van der Waals surface area contributed by atoms with Gasteiger partial charge in [0.25, 0.3) is 11.8 Å². The molecule has 5 atom stereocenters. The van der Waals surface area contributed by atoms with Gasteiger partial charge in [0.2, 0.25) is 29.4 Å². The fourth-order valence-corrected chi connectivity index (χ4v) is 7.19. The van der Waals surface area contributed by atoms with Gasteiger partial charge >= 0.3 is 5.97 Å². The largest absolute Gasteiger partial charge is 0.478 e. The van der Waals surface area contributed by atoms with Crippen LogP contribution in [0.1, 0.15) is 105 Å². The molecular weight excluding hydrogens is 724 g/mol. The number of Topliss-reactive ketones (excluding diaryl/α,β-unsaturated/α-hetero) is 1. The summed E-state index contributed by atoms with van der Waals surface area (Å²) in [5.74, 6) is -7.41. The molecule has 2 fully saturated rings. The summed E-state index contributed by atoms with van der Waals surface area (Å²) < 4.78 is 6.19. The van der Waals surface area contributed by atoms with E-state index in [0.717, 1.165) is 19.3 Å². The van der Waals surface area contributed by atoms with Crippen molar-refractivity contribution < 1.29 is 48.2 Å². The van der Waals surface area contributed by atoms with E-state index < -0.39 is 89.6 Å². The molecule has 1 saturated carbocycles. The molecule has 1 aliphatic heterocycles. The van der Waals surface area contributed by atoms with Crippen LogP contribution in [-0.4, -0.2) is 100 Å². The van der Waals surface area contributed by atoms with Crippen molar-refractivity contribution in [2.75, 3.05) is 13.1 Å². The van der Waals surface area contributed by atoms with Crippen molar-refractivity contribution in [2.24, 2.45) is 11.7 Å². The highest BCUT2D eigenvalue weighted by molar-refractivity contribution is 6.38. The second-order valence-electron chi connectivity index (χ2n) is 15.1. The van der Waals surface area contributed by atoms with Crippen LogP contribution < -0.4 is 27.0 Å². The minimum atomic E-state index is -1.32. The van der Waals surface area contributed by atoms with Crippen LogP contribution in [0.5, 0.6) is 0 Å². The summed E-state index contributed by atoms with van der Waals surface area (Å²) in [6.07, 6.45) is 3.29. The molecule has 2 aromatic carbocycles. The van der Waals surface area contributed by atoms with Crippen molar-refractivity contribution in [2.45, 2.75) is 109 Å². The van der Waals surface area contributed by atoms with Gasteiger partial charge in [-0.3, -0.25) is 33.6 Å². The molecule has 0 aromatic heterocycles. The van der Waals surface area contributed by atoms with E-state index in [1.807, 2.05) is 20.8 Å². The summed E-state index contributed by atoms with van der Waals surface area (Å²) in [7, 11) is 0. The molecule has 1 unspecified atom stereocenters. The molecule has 0 spiro atoms. The maximum atomic E-state index is 14.6. The SMILES string of the molecule is CCC(NC(=O)[C@@H]1C[C@@H](OC(C)(C)C)CN1C(=O)[C@@H](NC(=O)c1ccccc1C(=O)O)C1CCCCC1)C(=O)C(=O)NCC(=O)N[C@H](C(N)=O)c1ccccc1. The minimum Gasteiger partial charge on any atom is -0.478 e. The number of ketones is 1. The average molecular weight is 777 g/mol. The predicted octanol–water partition coefficient (Wildman–Crippen LogP) is 1.77. The van der Waals surface area contributed by atoms with Gasteiger partial charge in [0.15, 0.2) is 0 Å². The maximum absolute atomic E-state index is 14.6. The van der Waals surface area contributed by atoms with E-state index in [-0.39, 0.29) is 36.4 Å². The number of rotatable bonds is 16. The zero-order valence-electron chi connectivity index (χ0n) is 32.2. The molecule has 56 heavy (non-hydrogen) atoms. The number of carboxylic acids is 1. The Bertz CT molecular complexity index is 1790. The molecule has 16 heteroatoms. The number of hydrogen-bond donors (Lipinski definition) is 6. The number of hydrogen-bond acceptors (Lipinski definition) is 9. The third-order valence-corrected chi connectivity index (χ3v) is 9.84. The number of carboxylic acid groups (broad SMARTS) is 1. The molecule has 2 aliphatic rings. The molecule has 2 aromatic rings. The fourth-order valence-electron chi connectivity index (χ4n) is 7.19. The Labute approximate surface area is 325 Å². The summed E-state index contributed by atoms with van der Waals surface area (Å²) in [6, 6.07) is 9.18. The van der Waals surface area contributed by atoms with Gasteiger partial charge in [-0.25, -0.2) is 4.79 Å². The van der Waals surface area contributed by atoms with Gasteiger partial charge in [-0.2, -0.15) is 0 Å². The maximum Gasteiger partial charge on any atom is 0.336 e. The van der Waals surface area contributed by atoms with Crippen molar-refractivity contribution in [1.82, 2.24) is 26.2 Å². The lowest BCUT2D eigenvalue weighted by Crippen LogP contribution is -2.58. The zero-order valence-corrected chi connectivity index (χ0v) is 32.2. The van der Waals surface area contributed by atoms with E-state index in [1.165, 1.54) is 29.2 Å². The number of amides is 6. The number of carbonyl (C=O) groups is 8. The zero-order chi connectivity index (χ0) is 41.2. The number of benzene rings is 2. The topological polar surface area (TPSA) is 243 Å². The van der Waals surface area contributed by atoms with Gasteiger partial charge in [-0.05, 0) is 63.6 Å². The Kier molecular flexibility index (Phi) is 14.8. The first-order valence-electron chi connectivity index (χ1n) is 18.9. The van der Waals surface area contributed by atoms with Crippen LogP contribution in [0.4, 0.5) is 0 Å². The molecule has 0 radical (unpaired) electrons. The van der Waals surface area contributed by atoms with Crippen molar-refractivity contribution in [3.05, 3.63) is 71.3 Å². The number of nitrogens with two attached hydrogens (primary N) is 1. The molecular formula is C40H52N6O10. The van der Waals surface area contributed by atoms with Gasteiger partial charge in [0, 0.05) is 13.0 Å². The Morgan fingerprint density at radius 1 is 0.875 bits per heavy atom. The van der Waals surface area contributed by atoms with E-state index in [1.54, 1.807) is 37.3 Å². The van der Waals surface area contributed by atoms with E-state index in [4.69, 9.17) is 10.5 Å². The molecule has 1 saturated heterocycles. The van der Waals surface area contributed by atoms with E-state index in [2.05, 4.69) is 21.3 Å². The average Bonchev–Trinajstić information content (AvgIpc) is 3.59. The van der Waals surface area contributed by atoms with Crippen LogP contribution in [0.2, 0.25) is 0 Å². The molecule has 1 heterocycles. The van der Waals surface area contributed by atoms with Gasteiger partial charge in [0.05, 0.1) is 35.4 Å². The number of nitrogens with one attached hydrogen (secondary N) is 4. The third-order valence-electron chi connectivity index (χ3n) is 9.84. The van der Waals surface area contributed by atoms with Gasteiger partial charge in [0.1, 0.15) is 18.1 Å². The minimum absolute atomic E-state index is 0.00535. The standard InChI is InChI=1S/C40H52N6O10/c1-5-28(33(48)37(52)42-21-30(47)44-31(34(41)49)23-14-8-6-9-15-23)43-36(51)29-20-25(56-40(2,3)4)22-46(29)38(53)32(24-16-10-7-11-17-24)45-35(50)26-18-12-13-19-27(26)39(54)55/h6,8-9,12-15,18-19,24-25,28-29,31-32H,5,7,10-11,16-17,20-22H2,1-4H3,(H2,41,49)(H,42,52)(H,43,51)(H,44,47)(H,45,50)(H,54,55)/t25-,28?,29+,31+,32+/m1/s1. The lowest BCUT2D eigenvalue weighted by Gasteiger charge is -2.35. The first-order valence-corrected chi connectivity index (χ1v) is 18.9. The highest BCUT2D eigenvalue weighted by atomic mass is 16.5. The third kappa shape index (κ3) is 11.4. The van der Waals surface area contributed by atoms with Crippen molar-refractivity contribution in [3.8, 4) is 0 Å². The van der Waals surface area contributed by atoms with E-state index in [0.29, 0.717) is 18.4 Å². The number of likely N-dealkylation sites (tertiary alicyclic amines) is 1. The van der Waals surface area contributed by atoms with E-state index in [9.17, 15) is 43.5 Å². The molecule has 1 aliphatic carbocycles. The van der Waals surface area contributed by atoms with Crippen LogP contribution in [-0.2, 0) is 33.5 Å². The number of ether oxygens (including phenoxy) is 1. The van der Waals surface area contributed by atoms with Gasteiger partial charge in [-0.1, -0.05) is 68.7 Å². The van der Waals surface area contributed by atoms with Gasteiger partial charge < -0.3 is 41.7 Å². The first kappa shape index (κ1) is 43.1. The van der Waals surface area contributed by atoms with Crippen molar-refractivity contribution >= 4 is 47.2 Å². The highest BCUT2D eigenvalue weighted by Gasteiger charge is 2.46. The second-order valence-corrected chi connectivity index (χ2v) is 15.1. The summed E-state index contributed by atoms with van der Waals surface area (Å²) in [6.45, 7) is 6.41. The van der Waals surface area contributed by atoms with Crippen LogP contribution in [0, 0.1) is 5.92 Å². The molecule has 6 amide bonds. The van der Waals surface area contributed by atoms with Crippen LogP contribution >= 0.6 is 0 Å². The molecule has 7 N–H and O–H groups in total. The molecule has 4 rings (SSSR count). The second kappa shape index (κ2) is 19.3. The Hall–Kier alpha value is -5.64. The van der Waals surface area contributed by atoms with Crippen molar-refractivity contribution in [1.29, 1.82) is 0 Å². The Balaban J connectivity index is 1.50. The van der Waals surface area contributed by atoms with E-state index >= 15 is 0 Å². The Morgan fingerprint density at radius 3 is 2.09 bits per heavy atom. The molecule has 16 nitrogen and oxygen atoms in total. The Morgan fingerprint density at radius 2 is 1.50 bits per heavy atom. The lowest BCUT2D eigenvalue weighted by molar-refractivity contribution is -0.143. The number of nitrogens with zero attached hydrogens (tertiary/aromatic N) is 1. The normalized spacial score (nSPS) is 18.8. The van der Waals surface area contributed by atoms with Crippen molar-refractivity contribution in [3.63, 3.8) is 0 Å². The quantitative estimate of drug-likeness (QED) is 0.135. The lowest BCUT2D eigenvalue weighted by atomic mass is 9.83. The molecule has 302 valence electrons. The van der Waals surface area contributed by atoms with Crippen LogP contribution in [0.15, 0.2) is 54.6 Å². The summed E-state index contributed by atoms with van der Waals surface area (Å²) in [5, 5.41) is 19.8. The number of aromatic carboxylic acids is 1. The van der Waals surface area contributed by atoms with Gasteiger partial charge in [-0.15, -0.1) is 0 Å². The summed E-state index contributed by atoms with van der Waals surface area (Å²) in [5.41, 5.74) is 4.90. The summed E-state index contributed by atoms with van der Waals surface area (Å²) in [4.78, 5) is 106. The van der Waals surface area contributed by atoms with Crippen LogP contribution in [0.3, 0.4) is 0 Å². The molecule has 0 bridgehead atoms. The van der Waals surface area contributed by atoms with Crippen LogP contribution in [0.25, 0.3) is 0 Å². The fraction of sp³-hybridized carbons (Fsp3) is 0.500. The monoisotopic (exact) mass is 776 g/mol. The smallest absolute Gasteiger partial charge is 0.336 e. The summed E-state index contributed by atoms with van der Waals surface area (Å²) >= 11 is 0.